The van der Waals surface area contributed by atoms with Gasteiger partial charge in [-0.3, -0.25) is 0 Å². The number of hydrogen-bond acceptors (Lipinski definition) is 4. The van der Waals surface area contributed by atoms with Gasteiger partial charge in [0.05, 0.1) is 19.9 Å². The molecular formula is C16H17N3O2. The molecule has 1 aromatic carbocycles. The lowest BCUT2D eigenvalue weighted by Gasteiger charge is -2.08. The molecule has 5 heteroatoms. The number of pyridine rings is 1. The standard InChI is InChI=1S/C16H17N3O2/c1-10-6-12(17)8-19-9-13(18-16(10)19)11-4-5-14(20-2)15(7-11)21-3/h4-9H,17H2,1-3H3. The second kappa shape index (κ2) is 5.01. The summed E-state index contributed by atoms with van der Waals surface area (Å²) in [6.07, 6.45) is 3.82. The fourth-order valence-electron chi connectivity index (χ4n) is 2.43. The number of benzene rings is 1. The van der Waals surface area contributed by atoms with Gasteiger partial charge in [0.1, 0.15) is 5.65 Å². The summed E-state index contributed by atoms with van der Waals surface area (Å²) in [6, 6.07) is 7.67. The number of aryl methyl sites for hydroxylation is 1. The van der Waals surface area contributed by atoms with Gasteiger partial charge in [0.25, 0.3) is 0 Å². The van der Waals surface area contributed by atoms with Gasteiger partial charge in [-0.15, -0.1) is 0 Å². The average molecular weight is 283 g/mol. The van der Waals surface area contributed by atoms with Gasteiger partial charge in [0.2, 0.25) is 0 Å². The van der Waals surface area contributed by atoms with Crippen LogP contribution in [0.3, 0.4) is 0 Å². The van der Waals surface area contributed by atoms with Gasteiger partial charge in [-0.05, 0) is 36.8 Å². The molecule has 2 N–H and O–H groups in total. The largest absolute Gasteiger partial charge is 0.493 e. The van der Waals surface area contributed by atoms with E-state index < -0.39 is 0 Å². The molecule has 0 atom stereocenters. The SMILES string of the molecule is COc1ccc(-c2cn3cc(N)cc(C)c3n2)cc1OC. The fourth-order valence-corrected chi connectivity index (χ4v) is 2.43. The lowest BCUT2D eigenvalue weighted by atomic mass is 10.1. The molecular weight excluding hydrogens is 266 g/mol. The van der Waals surface area contributed by atoms with E-state index in [0.29, 0.717) is 11.5 Å². The number of nitrogen functional groups attached to an aromatic ring is 1. The van der Waals surface area contributed by atoms with Crippen LogP contribution in [0.5, 0.6) is 11.5 Å². The van der Waals surface area contributed by atoms with Crippen molar-refractivity contribution in [1.29, 1.82) is 0 Å². The highest BCUT2D eigenvalue weighted by Crippen LogP contribution is 2.32. The Morgan fingerprint density at radius 3 is 2.52 bits per heavy atom. The smallest absolute Gasteiger partial charge is 0.161 e. The molecule has 0 fully saturated rings. The molecule has 0 amide bonds. The molecule has 2 heterocycles. The topological polar surface area (TPSA) is 61.8 Å². The molecule has 0 aliphatic carbocycles. The van der Waals surface area contributed by atoms with Crippen LogP contribution < -0.4 is 15.2 Å². The maximum absolute atomic E-state index is 5.87. The molecule has 3 aromatic rings. The Kier molecular flexibility index (Phi) is 3.17. The van der Waals surface area contributed by atoms with Gasteiger partial charge in [-0.1, -0.05) is 0 Å². The molecule has 0 bridgehead atoms. The van der Waals surface area contributed by atoms with E-state index in [-0.39, 0.29) is 0 Å². The van der Waals surface area contributed by atoms with Gasteiger partial charge in [-0.2, -0.15) is 0 Å². The van der Waals surface area contributed by atoms with Crippen molar-refractivity contribution >= 4 is 11.3 Å². The number of methoxy groups -OCH3 is 2. The van der Waals surface area contributed by atoms with Crippen molar-refractivity contribution < 1.29 is 9.47 Å². The molecule has 21 heavy (non-hydrogen) atoms. The van der Waals surface area contributed by atoms with E-state index in [2.05, 4.69) is 4.98 Å². The van der Waals surface area contributed by atoms with Crippen molar-refractivity contribution in [1.82, 2.24) is 9.38 Å². The Bertz CT molecular complexity index is 809. The van der Waals surface area contributed by atoms with E-state index >= 15 is 0 Å². The first-order valence-electron chi connectivity index (χ1n) is 6.59. The first-order valence-corrected chi connectivity index (χ1v) is 6.59. The summed E-state index contributed by atoms with van der Waals surface area (Å²) < 4.78 is 12.5. The number of ether oxygens (including phenoxy) is 2. The van der Waals surface area contributed by atoms with Crippen LogP contribution in [0.15, 0.2) is 36.7 Å². The Hall–Kier alpha value is -2.69. The van der Waals surface area contributed by atoms with E-state index in [1.807, 2.05) is 48.0 Å². The second-order valence-corrected chi connectivity index (χ2v) is 4.88. The van der Waals surface area contributed by atoms with Crippen molar-refractivity contribution in [3.8, 4) is 22.8 Å². The zero-order chi connectivity index (χ0) is 15.0. The molecule has 0 spiro atoms. The lowest BCUT2D eigenvalue weighted by Crippen LogP contribution is -1.92. The Morgan fingerprint density at radius 2 is 1.81 bits per heavy atom. The minimum absolute atomic E-state index is 0.684. The van der Waals surface area contributed by atoms with Gasteiger partial charge >= 0.3 is 0 Å². The first kappa shape index (κ1) is 13.3. The summed E-state index contributed by atoms with van der Waals surface area (Å²) in [5.41, 5.74) is 10.4. The third-order valence-electron chi connectivity index (χ3n) is 3.44. The van der Waals surface area contributed by atoms with Crippen LogP contribution in [0.25, 0.3) is 16.9 Å². The third-order valence-corrected chi connectivity index (χ3v) is 3.44. The minimum atomic E-state index is 0.684. The molecule has 0 saturated heterocycles. The summed E-state index contributed by atoms with van der Waals surface area (Å²) in [5, 5.41) is 0. The molecule has 0 saturated carbocycles. The number of nitrogens with two attached hydrogens (primary N) is 1. The number of imidazole rings is 1. The minimum Gasteiger partial charge on any atom is -0.493 e. The quantitative estimate of drug-likeness (QED) is 0.803. The summed E-state index contributed by atoms with van der Waals surface area (Å²) >= 11 is 0. The number of aromatic nitrogens is 2. The van der Waals surface area contributed by atoms with Gasteiger partial charge in [0.15, 0.2) is 11.5 Å². The van der Waals surface area contributed by atoms with Gasteiger partial charge in [0, 0.05) is 23.6 Å². The van der Waals surface area contributed by atoms with Crippen LogP contribution in [0.1, 0.15) is 5.56 Å². The molecule has 0 radical (unpaired) electrons. The summed E-state index contributed by atoms with van der Waals surface area (Å²) in [5.74, 6) is 1.38. The highest BCUT2D eigenvalue weighted by Gasteiger charge is 2.10. The van der Waals surface area contributed by atoms with Crippen LogP contribution in [0, 0.1) is 6.92 Å². The van der Waals surface area contributed by atoms with Crippen molar-refractivity contribution in [2.24, 2.45) is 0 Å². The Morgan fingerprint density at radius 1 is 1.05 bits per heavy atom. The second-order valence-electron chi connectivity index (χ2n) is 4.88. The average Bonchev–Trinajstić information content (AvgIpc) is 2.90. The van der Waals surface area contributed by atoms with Crippen LogP contribution in [0.2, 0.25) is 0 Å². The monoisotopic (exact) mass is 283 g/mol. The molecule has 5 nitrogen and oxygen atoms in total. The van der Waals surface area contributed by atoms with E-state index in [1.165, 1.54) is 0 Å². The molecule has 108 valence electrons. The zero-order valence-electron chi connectivity index (χ0n) is 12.3. The van der Waals surface area contributed by atoms with Crippen LogP contribution >= 0.6 is 0 Å². The highest BCUT2D eigenvalue weighted by molar-refractivity contribution is 5.68. The molecule has 0 unspecified atom stereocenters. The lowest BCUT2D eigenvalue weighted by molar-refractivity contribution is 0.355. The maximum Gasteiger partial charge on any atom is 0.161 e. The van der Waals surface area contributed by atoms with E-state index in [0.717, 1.165) is 28.2 Å². The van der Waals surface area contributed by atoms with Gasteiger partial charge in [-0.25, -0.2) is 4.98 Å². The summed E-state index contributed by atoms with van der Waals surface area (Å²) in [6.45, 7) is 2.00. The number of rotatable bonds is 3. The van der Waals surface area contributed by atoms with Crippen molar-refractivity contribution in [2.75, 3.05) is 20.0 Å². The van der Waals surface area contributed by atoms with Gasteiger partial charge < -0.3 is 19.6 Å². The Labute approximate surface area is 122 Å². The molecule has 0 aliphatic rings. The van der Waals surface area contributed by atoms with Crippen molar-refractivity contribution in [3.05, 3.63) is 42.2 Å². The van der Waals surface area contributed by atoms with Crippen molar-refractivity contribution in [2.45, 2.75) is 6.92 Å². The van der Waals surface area contributed by atoms with Crippen LogP contribution in [0.4, 0.5) is 5.69 Å². The fraction of sp³-hybridized carbons (Fsp3) is 0.188. The Balaban J connectivity index is 2.14. The van der Waals surface area contributed by atoms with Crippen molar-refractivity contribution in [3.63, 3.8) is 0 Å². The predicted octanol–water partition coefficient (Wildman–Crippen LogP) is 2.91. The zero-order valence-corrected chi connectivity index (χ0v) is 12.3. The number of hydrogen-bond donors (Lipinski definition) is 1. The van der Waals surface area contributed by atoms with E-state index in [4.69, 9.17) is 15.2 Å². The van der Waals surface area contributed by atoms with E-state index in [9.17, 15) is 0 Å². The first-order chi connectivity index (χ1) is 10.1. The molecule has 2 aromatic heterocycles. The van der Waals surface area contributed by atoms with Crippen LogP contribution in [-0.4, -0.2) is 23.6 Å². The highest BCUT2D eigenvalue weighted by atomic mass is 16.5. The third kappa shape index (κ3) is 2.27. The predicted molar refractivity (Wildman–Crippen MR) is 82.9 cm³/mol. The molecule has 3 rings (SSSR count). The van der Waals surface area contributed by atoms with E-state index in [1.54, 1.807) is 14.2 Å². The number of anilines is 1. The maximum atomic E-state index is 5.87. The number of nitrogens with zero attached hydrogens (tertiary/aromatic N) is 2. The summed E-state index contributed by atoms with van der Waals surface area (Å²) in [4.78, 5) is 4.67. The number of fused-ring (bicyclic) bond motifs is 1. The normalized spacial score (nSPS) is 10.8. The molecule has 0 aliphatic heterocycles. The van der Waals surface area contributed by atoms with Crippen LogP contribution in [-0.2, 0) is 0 Å². The summed E-state index contributed by atoms with van der Waals surface area (Å²) in [7, 11) is 3.24.